The van der Waals surface area contributed by atoms with Crippen LogP contribution in [0.5, 0.6) is 0 Å². The molecule has 0 bridgehead atoms. The number of benzene rings is 1. The van der Waals surface area contributed by atoms with Crippen LogP contribution in [0.1, 0.15) is 47.4 Å². The van der Waals surface area contributed by atoms with Crippen LogP contribution < -0.4 is 10.6 Å². The van der Waals surface area contributed by atoms with Gasteiger partial charge in [0.2, 0.25) is 0 Å². The number of para-hydroxylation sites is 1. The third-order valence-electron chi connectivity index (χ3n) is 4.47. The summed E-state index contributed by atoms with van der Waals surface area (Å²) in [5, 5.41) is 14.6. The van der Waals surface area contributed by atoms with Gasteiger partial charge in [-0.25, -0.2) is 9.67 Å². The van der Waals surface area contributed by atoms with Gasteiger partial charge in [-0.1, -0.05) is 32.0 Å². The van der Waals surface area contributed by atoms with Gasteiger partial charge in [0.05, 0.1) is 23.6 Å². The largest absolute Gasteiger partial charge is 0.352 e. The summed E-state index contributed by atoms with van der Waals surface area (Å²) in [4.78, 5) is 8.99. The van der Waals surface area contributed by atoms with E-state index >= 15 is 0 Å². The van der Waals surface area contributed by atoms with Crippen LogP contribution >= 0.6 is 35.3 Å². The Morgan fingerprint density at radius 3 is 2.52 bits per heavy atom. The summed E-state index contributed by atoms with van der Waals surface area (Å²) in [5.41, 5.74) is 5.52. The molecule has 0 saturated heterocycles. The van der Waals surface area contributed by atoms with Crippen LogP contribution in [0.4, 0.5) is 0 Å². The van der Waals surface area contributed by atoms with E-state index in [0.29, 0.717) is 19.0 Å². The highest BCUT2D eigenvalue weighted by Crippen LogP contribution is 2.18. The Balaban J connectivity index is 0.00000300. The molecule has 2 N–H and O–H groups in total. The van der Waals surface area contributed by atoms with E-state index in [1.165, 1.54) is 0 Å². The molecule has 3 rings (SSSR count). The number of halogens is 1. The minimum atomic E-state index is 0. The molecular formula is C21H29IN6S. The Morgan fingerprint density at radius 2 is 1.90 bits per heavy atom. The van der Waals surface area contributed by atoms with Crippen molar-refractivity contribution in [2.24, 2.45) is 4.99 Å². The molecule has 6 nitrogen and oxygen atoms in total. The molecule has 0 spiro atoms. The second-order valence-electron chi connectivity index (χ2n) is 7.07. The highest BCUT2D eigenvalue weighted by Gasteiger charge is 2.10. The first-order valence-electron chi connectivity index (χ1n) is 9.48. The van der Waals surface area contributed by atoms with Crippen LogP contribution in [0.3, 0.4) is 0 Å². The Hall–Kier alpha value is -1.94. The van der Waals surface area contributed by atoms with E-state index in [0.717, 1.165) is 39.3 Å². The fourth-order valence-electron chi connectivity index (χ4n) is 2.97. The van der Waals surface area contributed by atoms with E-state index in [1.807, 2.05) is 23.7 Å². The zero-order chi connectivity index (χ0) is 20.1. The van der Waals surface area contributed by atoms with E-state index < -0.39 is 0 Å². The van der Waals surface area contributed by atoms with Crippen molar-refractivity contribution < 1.29 is 0 Å². The summed E-state index contributed by atoms with van der Waals surface area (Å²) in [6, 6.07) is 10.4. The quantitative estimate of drug-likeness (QED) is 0.282. The number of thiazole rings is 1. The maximum atomic E-state index is 4.66. The van der Waals surface area contributed by atoms with E-state index in [9.17, 15) is 0 Å². The van der Waals surface area contributed by atoms with Gasteiger partial charge in [0.1, 0.15) is 5.01 Å². The highest BCUT2D eigenvalue weighted by atomic mass is 127. The minimum Gasteiger partial charge on any atom is -0.352 e. The zero-order valence-electron chi connectivity index (χ0n) is 17.6. The Morgan fingerprint density at radius 1 is 1.17 bits per heavy atom. The molecule has 0 aliphatic carbocycles. The van der Waals surface area contributed by atoms with Gasteiger partial charge < -0.3 is 10.6 Å². The molecule has 0 unspecified atom stereocenters. The zero-order valence-corrected chi connectivity index (χ0v) is 20.7. The number of hydrogen-bond donors (Lipinski definition) is 2. The second kappa shape index (κ2) is 10.7. The predicted molar refractivity (Wildman–Crippen MR) is 132 cm³/mol. The molecule has 8 heteroatoms. The van der Waals surface area contributed by atoms with Crippen LogP contribution in [0.15, 0.2) is 40.7 Å². The number of guanidine groups is 1. The maximum Gasteiger partial charge on any atom is 0.191 e. The monoisotopic (exact) mass is 524 g/mol. The lowest BCUT2D eigenvalue weighted by Gasteiger charge is -2.14. The molecule has 0 amide bonds. The summed E-state index contributed by atoms with van der Waals surface area (Å²) in [6.45, 7) is 9.73. The summed E-state index contributed by atoms with van der Waals surface area (Å²) in [5.74, 6) is 1.21. The van der Waals surface area contributed by atoms with Gasteiger partial charge in [-0.15, -0.1) is 35.3 Å². The van der Waals surface area contributed by atoms with E-state index in [1.54, 1.807) is 18.4 Å². The van der Waals surface area contributed by atoms with Crippen molar-refractivity contribution in [1.82, 2.24) is 25.4 Å². The average Bonchev–Trinajstić information content (AvgIpc) is 3.28. The molecule has 0 radical (unpaired) electrons. The molecule has 2 heterocycles. The van der Waals surface area contributed by atoms with Gasteiger partial charge in [-0.2, -0.15) is 5.10 Å². The van der Waals surface area contributed by atoms with Crippen molar-refractivity contribution in [3.8, 4) is 5.69 Å². The Labute approximate surface area is 193 Å². The number of aryl methyl sites for hydroxylation is 2. The molecule has 0 saturated carbocycles. The number of nitrogens with zero attached hydrogens (tertiary/aromatic N) is 4. The van der Waals surface area contributed by atoms with Gasteiger partial charge >= 0.3 is 0 Å². The van der Waals surface area contributed by atoms with Crippen molar-refractivity contribution >= 4 is 41.3 Å². The van der Waals surface area contributed by atoms with E-state index in [2.05, 4.69) is 70.1 Å². The van der Waals surface area contributed by atoms with Gasteiger partial charge in [-0.05, 0) is 37.5 Å². The van der Waals surface area contributed by atoms with Crippen molar-refractivity contribution in [1.29, 1.82) is 0 Å². The SMILES string of the molecule is CN=C(NCc1nc(C(C)C)cs1)NCc1ccccc1-n1nc(C)cc1C.I. The minimum absolute atomic E-state index is 0. The number of hydrogen-bond acceptors (Lipinski definition) is 4. The maximum absolute atomic E-state index is 4.66. The molecule has 3 aromatic rings. The fraction of sp³-hybridized carbons (Fsp3) is 0.381. The van der Waals surface area contributed by atoms with Crippen molar-refractivity contribution in [2.75, 3.05) is 7.05 Å². The molecule has 156 valence electrons. The molecule has 0 aliphatic heterocycles. The standard InChI is InChI=1S/C21H28N6S.HI/c1-14(2)18-13-28-20(25-18)12-24-21(22-5)23-11-17-8-6-7-9-19(17)27-16(4)10-15(3)26-27;/h6-10,13-14H,11-12H2,1-5H3,(H2,22,23,24);1H. The van der Waals surface area contributed by atoms with Gasteiger partial charge in [0.25, 0.3) is 0 Å². The van der Waals surface area contributed by atoms with Gasteiger partial charge in [0.15, 0.2) is 5.96 Å². The fourth-order valence-corrected chi connectivity index (χ4v) is 3.87. The highest BCUT2D eigenvalue weighted by molar-refractivity contribution is 14.0. The number of aliphatic imine (C=N–C) groups is 1. The van der Waals surface area contributed by atoms with Crippen LogP contribution in [-0.2, 0) is 13.1 Å². The van der Waals surface area contributed by atoms with Crippen LogP contribution in [0, 0.1) is 13.8 Å². The first kappa shape index (κ1) is 23.3. The lowest BCUT2D eigenvalue weighted by molar-refractivity contribution is 0.772. The first-order chi connectivity index (χ1) is 13.5. The van der Waals surface area contributed by atoms with Gasteiger partial charge in [0, 0.05) is 24.7 Å². The topological polar surface area (TPSA) is 67.1 Å². The van der Waals surface area contributed by atoms with Crippen LogP contribution in [0.2, 0.25) is 0 Å². The third-order valence-corrected chi connectivity index (χ3v) is 5.33. The predicted octanol–water partition coefficient (Wildman–Crippen LogP) is 4.55. The summed E-state index contributed by atoms with van der Waals surface area (Å²) in [6.07, 6.45) is 0. The summed E-state index contributed by atoms with van der Waals surface area (Å²) in [7, 11) is 1.78. The van der Waals surface area contributed by atoms with Crippen molar-refractivity contribution in [3.05, 3.63) is 63.4 Å². The lowest BCUT2D eigenvalue weighted by Crippen LogP contribution is -2.36. The molecular weight excluding hydrogens is 495 g/mol. The van der Waals surface area contributed by atoms with E-state index in [-0.39, 0.29) is 24.0 Å². The van der Waals surface area contributed by atoms with Crippen LogP contribution in [-0.4, -0.2) is 27.8 Å². The second-order valence-corrected chi connectivity index (χ2v) is 8.01. The summed E-state index contributed by atoms with van der Waals surface area (Å²) >= 11 is 1.68. The number of nitrogens with one attached hydrogen (secondary N) is 2. The van der Waals surface area contributed by atoms with E-state index in [4.69, 9.17) is 0 Å². The van der Waals surface area contributed by atoms with Gasteiger partial charge in [-0.3, -0.25) is 4.99 Å². The normalized spacial score (nSPS) is 11.4. The molecule has 0 fully saturated rings. The number of aromatic nitrogens is 3. The Bertz CT molecular complexity index is 960. The molecule has 2 aromatic heterocycles. The first-order valence-corrected chi connectivity index (χ1v) is 10.4. The summed E-state index contributed by atoms with van der Waals surface area (Å²) < 4.78 is 1.99. The molecule has 29 heavy (non-hydrogen) atoms. The lowest BCUT2D eigenvalue weighted by atomic mass is 10.1. The third kappa shape index (κ3) is 6.02. The van der Waals surface area contributed by atoms with Crippen molar-refractivity contribution in [2.45, 2.75) is 46.7 Å². The average molecular weight is 524 g/mol. The molecule has 0 aliphatic rings. The molecule has 1 aromatic carbocycles. The molecule has 0 atom stereocenters. The van der Waals surface area contributed by atoms with Crippen LogP contribution in [0.25, 0.3) is 5.69 Å². The smallest absolute Gasteiger partial charge is 0.191 e. The number of rotatable bonds is 6. The Kier molecular flexibility index (Phi) is 8.63. The van der Waals surface area contributed by atoms with Crippen molar-refractivity contribution in [3.63, 3.8) is 0 Å².